The molecule has 0 radical (unpaired) electrons. The van der Waals surface area contributed by atoms with Crippen LogP contribution in [0.2, 0.25) is 0 Å². The minimum atomic E-state index is 0. The second-order valence-corrected chi connectivity index (χ2v) is 6.64. The van der Waals surface area contributed by atoms with Crippen LogP contribution in [0.4, 0.5) is 5.69 Å². The van der Waals surface area contributed by atoms with Crippen molar-refractivity contribution in [2.45, 2.75) is 0 Å². The number of aliphatic imine (C=N–C) groups is 1. The second-order valence-electron chi connectivity index (χ2n) is 5.63. The van der Waals surface area contributed by atoms with E-state index in [0.29, 0.717) is 19.0 Å². The first-order chi connectivity index (χ1) is 11.0. The first kappa shape index (κ1) is 18.6. The minimum absolute atomic E-state index is 0. The summed E-state index contributed by atoms with van der Waals surface area (Å²) >= 11 is 1.54. The maximum absolute atomic E-state index is 10.2. The van der Waals surface area contributed by atoms with E-state index in [9.17, 15) is 5.11 Å². The normalized spacial score (nSPS) is 19.2. The van der Waals surface area contributed by atoms with Crippen LogP contribution in [0, 0.1) is 0 Å². The summed E-state index contributed by atoms with van der Waals surface area (Å²) in [5, 5.41) is 11.1. The molecule has 0 saturated carbocycles. The summed E-state index contributed by atoms with van der Waals surface area (Å²) in [4.78, 5) is 7.26. The number of nitrogens with zero attached hydrogens (tertiary/aromatic N) is 3. The van der Waals surface area contributed by atoms with Gasteiger partial charge >= 0.3 is 5.17 Å². The van der Waals surface area contributed by atoms with Gasteiger partial charge in [-0.2, -0.15) is 0 Å². The predicted octanol–water partition coefficient (Wildman–Crippen LogP) is -1.69. The summed E-state index contributed by atoms with van der Waals surface area (Å²) in [5.41, 5.74) is 7.73. The molecule has 0 bridgehead atoms. The summed E-state index contributed by atoms with van der Waals surface area (Å²) in [7, 11) is 3.88. The molecule has 8 heteroatoms. The van der Waals surface area contributed by atoms with Crippen molar-refractivity contribution >= 4 is 34.5 Å². The third-order valence-corrected chi connectivity index (χ3v) is 4.85. The molecule has 3 N–H and O–H groups in total. The highest BCUT2D eigenvalue weighted by Crippen LogP contribution is 2.31. The molecule has 0 aliphatic carbocycles. The monoisotopic (exact) mass is 368 g/mol. The van der Waals surface area contributed by atoms with Crippen molar-refractivity contribution in [1.29, 1.82) is 0 Å². The lowest BCUT2D eigenvalue weighted by molar-refractivity contribution is -0.547. The minimum Gasteiger partial charge on any atom is -1.00 e. The van der Waals surface area contributed by atoms with Crippen LogP contribution in [0.1, 0.15) is 5.56 Å². The fourth-order valence-corrected chi connectivity index (χ4v) is 3.39. The van der Waals surface area contributed by atoms with Gasteiger partial charge in [-0.15, -0.1) is 0 Å². The van der Waals surface area contributed by atoms with Crippen LogP contribution in [0.3, 0.4) is 0 Å². The zero-order valence-corrected chi connectivity index (χ0v) is 15.3. The molecule has 2 aliphatic rings. The molecule has 0 unspecified atom stereocenters. The van der Waals surface area contributed by atoms with Gasteiger partial charge in [0.05, 0.1) is 18.1 Å². The van der Waals surface area contributed by atoms with Gasteiger partial charge in [0, 0.05) is 43.2 Å². The number of phenolic OH excluding ortho intramolecular Hbond substituents is 1. The Morgan fingerprint density at radius 2 is 2.04 bits per heavy atom. The number of halogens is 1. The number of amidine groups is 2. The van der Waals surface area contributed by atoms with Gasteiger partial charge in [0.2, 0.25) is 0 Å². The van der Waals surface area contributed by atoms with Gasteiger partial charge in [-0.3, -0.25) is 0 Å². The number of nitrogens with two attached hydrogens (primary N) is 1. The smallest absolute Gasteiger partial charge is 0.362 e. The Kier molecular flexibility index (Phi) is 6.15. The van der Waals surface area contributed by atoms with Gasteiger partial charge < -0.3 is 32.9 Å². The Labute approximate surface area is 152 Å². The van der Waals surface area contributed by atoms with Crippen molar-refractivity contribution in [2.75, 3.05) is 45.3 Å². The van der Waals surface area contributed by atoms with E-state index in [0.717, 1.165) is 34.4 Å². The first-order valence-electron chi connectivity index (χ1n) is 7.48. The average Bonchev–Trinajstić information content (AvgIpc) is 2.91. The molecule has 1 aromatic rings. The Balaban J connectivity index is 0.00000208. The number of anilines is 1. The van der Waals surface area contributed by atoms with E-state index in [2.05, 4.69) is 9.57 Å². The van der Waals surface area contributed by atoms with Crippen LogP contribution in [0.5, 0.6) is 5.75 Å². The van der Waals surface area contributed by atoms with Crippen molar-refractivity contribution < 1.29 is 26.8 Å². The lowest BCUT2D eigenvalue weighted by atomic mass is 10.1. The first-order valence-corrected chi connectivity index (χ1v) is 8.30. The van der Waals surface area contributed by atoms with Gasteiger partial charge in [-0.1, -0.05) is 0 Å². The second kappa shape index (κ2) is 7.92. The van der Waals surface area contributed by atoms with Crippen molar-refractivity contribution in [3.05, 3.63) is 28.7 Å². The van der Waals surface area contributed by atoms with Crippen molar-refractivity contribution in [2.24, 2.45) is 10.7 Å². The van der Waals surface area contributed by atoms with E-state index in [-0.39, 0.29) is 18.2 Å². The van der Waals surface area contributed by atoms with E-state index >= 15 is 0 Å². The Morgan fingerprint density at radius 3 is 2.67 bits per heavy atom. The maximum Gasteiger partial charge on any atom is 0.362 e. The average molecular weight is 369 g/mol. The van der Waals surface area contributed by atoms with Crippen LogP contribution in [-0.2, 0) is 4.74 Å². The van der Waals surface area contributed by atoms with E-state index in [1.165, 1.54) is 11.8 Å². The van der Waals surface area contributed by atoms with Crippen LogP contribution >= 0.6 is 11.8 Å². The van der Waals surface area contributed by atoms with Crippen LogP contribution in [0.25, 0.3) is 6.08 Å². The number of aromatic hydroxyl groups is 1. The zero-order chi connectivity index (χ0) is 16.4. The molecule has 0 aromatic heterocycles. The number of morpholine rings is 1. The number of rotatable bonds is 2. The molecule has 6 nitrogen and oxygen atoms in total. The molecular formula is C16H21ClN4O2S. The summed E-state index contributed by atoms with van der Waals surface area (Å²) in [6.45, 7) is 3.08. The number of thioether (sulfide) groups is 1. The lowest BCUT2D eigenvalue weighted by Crippen LogP contribution is -3.00. The standard InChI is InChI=1S/C16H20N4O2S.ClH/c1-19(2)12-4-3-11(13(21)10-12)9-14-15(17)18-16(23-14)20-5-7-22-8-6-20;/h3-4,9-10H,5-8H2,1-2H3,(H2,17,21);1H. The van der Waals surface area contributed by atoms with E-state index in [1.54, 1.807) is 6.07 Å². The largest absolute Gasteiger partial charge is 1.00 e. The fraction of sp³-hybridized carbons (Fsp3) is 0.375. The quantitative estimate of drug-likeness (QED) is 0.609. The van der Waals surface area contributed by atoms with Crippen LogP contribution in [-0.4, -0.2) is 61.1 Å². The molecule has 1 saturated heterocycles. The molecule has 1 fully saturated rings. The Morgan fingerprint density at radius 1 is 1.33 bits per heavy atom. The van der Waals surface area contributed by atoms with E-state index in [1.807, 2.05) is 37.2 Å². The van der Waals surface area contributed by atoms with Gasteiger partial charge in [0.25, 0.3) is 5.84 Å². The molecular weight excluding hydrogens is 348 g/mol. The van der Waals surface area contributed by atoms with Crippen molar-refractivity contribution in [3.63, 3.8) is 0 Å². The highest BCUT2D eigenvalue weighted by molar-refractivity contribution is 8.18. The van der Waals surface area contributed by atoms with Gasteiger partial charge in [-0.25, -0.2) is 4.58 Å². The van der Waals surface area contributed by atoms with Crippen LogP contribution in [0.15, 0.2) is 28.1 Å². The summed E-state index contributed by atoms with van der Waals surface area (Å²) in [6.07, 6.45) is 1.88. The number of phenols is 1. The highest BCUT2D eigenvalue weighted by Gasteiger charge is 2.30. The third-order valence-electron chi connectivity index (χ3n) is 3.77. The number of hydrogen-bond donors (Lipinski definition) is 2. The topological polar surface area (TPSA) is 74.1 Å². The molecule has 0 amide bonds. The lowest BCUT2D eigenvalue weighted by Gasteiger charge is -2.13. The maximum atomic E-state index is 10.2. The fourth-order valence-electron chi connectivity index (χ4n) is 2.40. The molecule has 2 heterocycles. The number of benzene rings is 1. The SMILES string of the molecule is CN(C)c1ccc(C=C2SC(=[N+]3CCOCC3)N=C2N)c(O)c1.[Cl-]. The zero-order valence-electron chi connectivity index (χ0n) is 13.7. The molecule has 1 aromatic carbocycles. The van der Waals surface area contributed by atoms with E-state index < -0.39 is 0 Å². The summed E-state index contributed by atoms with van der Waals surface area (Å²) in [5.74, 6) is 0.726. The highest BCUT2D eigenvalue weighted by atomic mass is 35.5. The van der Waals surface area contributed by atoms with Crippen LogP contribution < -0.4 is 23.0 Å². The van der Waals surface area contributed by atoms with Gasteiger partial charge in [0.15, 0.2) is 0 Å². The van der Waals surface area contributed by atoms with Gasteiger partial charge in [0.1, 0.15) is 18.8 Å². The molecule has 0 spiro atoms. The van der Waals surface area contributed by atoms with Gasteiger partial charge in [-0.05, 0) is 23.2 Å². The molecule has 130 valence electrons. The molecule has 0 atom stereocenters. The Hall–Kier alpha value is -1.70. The Bertz CT molecular complexity index is 708. The molecule has 24 heavy (non-hydrogen) atoms. The number of ether oxygens (including phenoxy) is 1. The molecule has 3 rings (SSSR count). The van der Waals surface area contributed by atoms with E-state index in [4.69, 9.17) is 10.5 Å². The van der Waals surface area contributed by atoms with Crippen molar-refractivity contribution in [1.82, 2.24) is 0 Å². The third kappa shape index (κ3) is 4.03. The summed E-state index contributed by atoms with van der Waals surface area (Å²) < 4.78 is 7.54. The summed E-state index contributed by atoms with van der Waals surface area (Å²) in [6, 6.07) is 5.59. The predicted molar refractivity (Wildman–Crippen MR) is 95.4 cm³/mol. The number of hydrogen-bond acceptors (Lipinski definition) is 5. The van der Waals surface area contributed by atoms with Crippen molar-refractivity contribution in [3.8, 4) is 5.75 Å². The molecule has 2 aliphatic heterocycles.